The summed E-state index contributed by atoms with van der Waals surface area (Å²) in [4.78, 5) is 16.8. The largest absolute Gasteiger partial charge is 0.377 e. The molecule has 6 nitrogen and oxygen atoms in total. The molecule has 38 heavy (non-hydrogen) atoms. The highest BCUT2D eigenvalue weighted by Gasteiger charge is 2.36. The van der Waals surface area contributed by atoms with Crippen molar-refractivity contribution in [2.45, 2.75) is 31.4 Å². The van der Waals surface area contributed by atoms with Gasteiger partial charge in [0.15, 0.2) is 0 Å². The lowest BCUT2D eigenvalue weighted by molar-refractivity contribution is -0.133. The van der Waals surface area contributed by atoms with E-state index in [1.54, 1.807) is 34.4 Å². The van der Waals surface area contributed by atoms with Gasteiger partial charge in [-0.2, -0.15) is 4.31 Å². The monoisotopic (exact) mass is 590 g/mol. The van der Waals surface area contributed by atoms with Crippen LogP contribution in [0.4, 0.5) is 0 Å². The second kappa shape index (κ2) is 11.9. The molecule has 3 heterocycles. The maximum absolute atomic E-state index is 13.9. The maximum atomic E-state index is 13.9. The molecule has 2 aromatic carbocycles. The van der Waals surface area contributed by atoms with Crippen LogP contribution in [0, 0.1) is 0 Å². The van der Waals surface area contributed by atoms with Crippen molar-refractivity contribution in [1.29, 1.82) is 0 Å². The minimum Gasteiger partial charge on any atom is -0.377 e. The SMILES string of the molecule is O=C(CN(CC1CCCO1)S(=O)(=O)C=Cc1ccccc1)N1CCc2sccc2C1c1ccc(Cl)cc1Cl. The molecule has 5 rings (SSSR count). The average Bonchev–Trinajstić information content (AvgIpc) is 3.60. The quantitative estimate of drug-likeness (QED) is 0.322. The first-order valence-electron chi connectivity index (χ1n) is 12.5. The molecule has 1 aromatic heterocycles. The highest BCUT2D eigenvalue weighted by atomic mass is 35.5. The van der Waals surface area contributed by atoms with E-state index in [1.807, 2.05) is 47.8 Å². The second-order valence-electron chi connectivity index (χ2n) is 9.39. The number of hydrogen-bond donors (Lipinski definition) is 0. The zero-order valence-electron chi connectivity index (χ0n) is 20.6. The summed E-state index contributed by atoms with van der Waals surface area (Å²) in [5, 5.41) is 4.16. The number of thiophene rings is 1. The van der Waals surface area contributed by atoms with E-state index >= 15 is 0 Å². The first kappa shape index (κ1) is 27.4. The van der Waals surface area contributed by atoms with E-state index < -0.39 is 16.1 Å². The lowest BCUT2D eigenvalue weighted by atomic mass is 9.93. The van der Waals surface area contributed by atoms with Gasteiger partial charge in [-0.05, 0) is 65.6 Å². The molecule has 2 aliphatic rings. The van der Waals surface area contributed by atoms with E-state index in [-0.39, 0.29) is 25.1 Å². The number of carbonyl (C=O) groups excluding carboxylic acids is 1. The van der Waals surface area contributed by atoms with Gasteiger partial charge in [0.25, 0.3) is 0 Å². The van der Waals surface area contributed by atoms with Gasteiger partial charge in [0.1, 0.15) is 0 Å². The first-order chi connectivity index (χ1) is 18.3. The normalized spacial score (nSPS) is 19.8. The van der Waals surface area contributed by atoms with Crippen LogP contribution in [0.3, 0.4) is 0 Å². The molecule has 0 aliphatic carbocycles. The van der Waals surface area contributed by atoms with Gasteiger partial charge in [-0.15, -0.1) is 11.3 Å². The Kier molecular flexibility index (Phi) is 8.57. The molecule has 1 fully saturated rings. The van der Waals surface area contributed by atoms with E-state index in [1.165, 1.54) is 14.6 Å². The van der Waals surface area contributed by atoms with Gasteiger partial charge in [-0.3, -0.25) is 4.79 Å². The topological polar surface area (TPSA) is 66.9 Å². The molecule has 1 saturated heterocycles. The summed E-state index contributed by atoms with van der Waals surface area (Å²) in [7, 11) is -3.90. The van der Waals surface area contributed by atoms with Crippen LogP contribution in [0.15, 0.2) is 65.4 Å². The van der Waals surface area contributed by atoms with Crippen molar-refractivity contribution >= 4 is 56.5 Å². The third kappa shape index (κ3) is 6.17. The Bertz CT molecular complexity index is 1420. The lowest BCUT2D eigenvalue weighted by Gasteiger charge is -2.38. The highest BCUT2D eigenvalue weighted by Crippen LogP contribution is 2.41. The molecule has 10 heteroatoms. The van der Waals surface area contributed by atoms with Crippen molar-refractivity contribution in [2.24, 2.45) is 0 Å². The number of amides is 1. The van der Waals surface area contributed by atoms with Gasteiger partial charge in [0.2, 0.25) is 15.9 Å². The first-order valence-corrected chi connectivity index (χ1v) is 15.6. The summed E-state index contributed by atoms with van der Waals surface area (Å²) < 4.78 is 34.0. The molecule has 2 atom stereocenters. The Morgan fingerprint density at radius 3 is 2.68 bits per heavy atom. The van der Waals surface area contributed by atoms with Gasteiger partial charge in [0, 0.05) is 40.0 Å². The van der Waals surface area contributed by atoms with Gasteiger partial charge in [0.05, 0.1) is 18.7 Å². The standard InChI is InChI=1S/C28H28Cl2N2O4S2/c29-21-8-9-23(25(30)17-21)28-24-11-15-37-26(24)10-13-32(28)27(33)19-31(18-22-7-4-14-36-22)38(34,35)16-12-20-5-2-1-3-6-20/h1-3,5-6,8-9,11-12,15-17,22,28H,4,7,10,13-14,18-19H2. The number of sulfonamides is 1. The Labute approximate surface area is 237 Å². The van der Waals surface area contributed by atoms with E-state index in [0.29, 0.717) is 29.6 Å². The van der Waals surface area contributed by atoms with Crippen LogP contribution < -0.4 is 0 Å². The molecule has 3 aromatic rings. The maximum Gasteiger partial charge on any atom is 0.238 e. The Morgan fingerprint density at radius 1 is 1.13 bits per heavy atom. The van der Waals surface area contributed by atoms with Crippen LogP contribution in [-0.4, -0.2) is 55.9 Å². The number of hydrogen-bond acceptors (Lipinski definition) is 5. The predicted molar refractivity (Wildman–Crippen MR) is 153 cm³/mol. The summed E-state index contributed by atoms with van der Waals surface area (Å²) >= 11 is 14.4. The minimum atomic E-state index is -3.90. The third-order valence-electron chi connectivity index (χ3n) is 6.88. The van der Waals surface area contributed by atoms with Crippen molar-refractivity contribution in [2.75, 3.05) is 26.2 Å². The average molecular weight is 592 g/mol. The molecular formula is C28H28Cl2N2O4S2. The van der Waals surface area contributed by atoms with Crippen molar-refractivity contribution in [1.82, 2.24) is 9.21 Å². The fourth-order valence-corrected chi connectivity index (χ4v) is 7.56. The van der Waals surface area contributed by atoms with Crippen molar-refractivity contribution in [3.63, 3.8) is 0 Å². The van der Waals surface area contributed by atoms with Crippen LogP contribution in [0.1, 0.15) is 40.5 Å². The molecule has 0 radical (unpaired) electrons. The van der Waals surface area contributed by atoms with E-state index in [0.717, 1.165) is 29.5 Å². The van der Waals surface area contributed by atoms with Gasteiger partial charge < -0.3 is 9.64 Å². The summed E-state index contributed by atoms with van der Waals surface area (Å²) in [5.74, 6) is -0.285. The number of rotatable bonds is 8. The highest BCUT2D eigenvalue weighted by molar-refractivity contribution is 7.92. The smallest absolute Gasteiger partial charge is 0.238 e. The fraction of sp³-hybridized carbons (Fsp3) is 0.321. The number of carbonyl (C=O) groups is 1. The molecule has 0 spiro atoms. The van der Waals surface area contributed by atoms with Crippen molar-refractivity contribution < 1.29 is 17.9 Å². The molecule has 2 unspecified atom stereocenters. The molecule has 0 bridgehead atoms. The molecule has 0 saturated carbocycles. The van der Waals surface area contributed by atoms with E-state index in [2.05, 4.69) is 0 Å². The predicted octanol–water partition coefficient (Wildman–Crippen LogP) is 6.01. The Balaban J connectivity index is 1.44. The number of halogens is 2. The van der Waals surface area contributed by atoms with Crippen LogP contribution in [0.25, 0.3) is 6.08 Å². The minimum absolute atomic E-state index is 0.122. The number of nitrogens with zero attached hydrogens (tertiary/aromatic N) is 2. The molecule has 0 N–H and O–H groups in total. The zero-order valence-corrected chi connectivity index (χ0v) is 23.8. The fourth-order valence-electron chi connectivity index (χ4n) is 4.97. The van der Waals surface area contributed by atoms with Crippen molar-refractivity contribution in [3.8, 4) is 0 Å². The molecule has 2 aliphatic heterocycles. The lowest BCUT2D eigenvalue weighted by Crippen LogP contribution is -2.48. The summed E-state index contributed by atoms with van der Waals surface area (Å²) in [6.45, 7) is 0.889. The van der Waals surface area contributed by atoms with Crippen LogP contribution in [-0.2, 0) is 26.0 Å². The van der Waals surface area contributed by atoms with Crippen LogP contribution in [0.5, 0.6) is 0 Å². The number of benzene rings is 2. The molecular weight excluding hydrogens is 563 g/mol. The number of fused-ring (bicyclic) bond motifs is 1. The summed E-state index contributed by atoms with van der Waals surface area (Å²) in [6.07, 6.45) is 3.64. The Morgan fingerprint density at radius 2 is 1.95 bits per heavy atom. The van der Waals surface area contributed by atoms with Gasteiger partial charge >= 0.3 is 0 Å². The second-order valence-corrected chi connectivity index (χ2v) is 13.1. The number of ether oxygens (including phenoxy) is 1. The van der Waals surface area contributed by atoms with E-state index in [4.69, 9.17) is 27.9 Å². The van der Waals surface area contributed by atoms with E-state index in [9.17, 15) is 13.2 Å². The zero-order chi connectivity index (χ0) is 26.7. The van der Waals surface area contributed by atoms with Gasteiger partial charge in [-0.25, -0.2) is 8.42 Å². The molecule has 1 amide bonds. The van der Waals surface area contributed by atoms with Crippen LogP contribution in [0.2, 0.25) is 10.0 Å². The third-order valence-corrected chi connectivity index (χ3v) is 9.92. The van der Waals surface area contributed by atoms with Crippen molar-refractivity contribution in [3.05, 3.63) is 97.0 Å². The van der Waals surface area contributed by atoms with Crippen LogP contribution >= 0.6 is 34.5 Å². The Hall–Kier alpha value is -2.20. The van der Waals surface area contributed by atoms with Gasteiger partial charge in [-0.1, -0.05) is 59.6 Å². The summed E-state index contributed by atoms with van der Waals surface area (Å²) in [5.41, 5.74) is 2.54. The summed E-state index contributed by atoms with van der Waals surface area (Å²) in [6, 6.07) is 16.1. The molecule has 200 valence electrons.